The zero-order chi connectivity index (χ0) is 22.7. The van der Waals surface area contributed by atoms with Gasteiger partial charge in [-0.2, -0.15) is 5.26 Å². The molecule has 1 amide bonds. The number of carbonyl (C=O) groups excluding carboxylic acids is 2. The number of allylic oxidation sites excluding steroid dienone is 1. The van der Waals surface area contributed by atoms with Crippen molar-refractivity contribution in [3.8, 4) is 17.6 Å². The summed E-state index contributed by atoms with van der Waals surface area (Å²) < 4.78 is 10.6. The lowest BCUT2D eigenvalue weighted by Gasteiger charge is -2.27. The molecule has 2 N–H and O–H groups in total. The highest BCUT2D eigenvalue weighted by Crippen LogP contribution is 2.55. The molecule has 0 unspecified atom stereocenters. The van der Waals surface area contributed by atoms with E-state index in [9.17, 15) is 20.0 Å². The predicted octanol–water partition coefficient (Wildman–Crippen LogP) is 3.75. The van der Waals surface area contributed by atoms with E-state index in [4.69, 9.17) is 9.47 Å². The fourth-order valence-corrected chi connectivity index (χ4v) is 4.19. The highest BCUT2D eigenvalue weighted by Gasteiger charge is 2.52. The molecule has 0 aromatic heterocycles. The number of anilines is 1. The van der Waals surface area contributed by atoms with Crippen LogP contribution in [0.15, 0.2) is 48.0 Å². The van der Waals surface area contributed by atoms with Gasteiger partial charge in [0.1, 0.15) is 11.5 Å². The van der Waals surface area contributed by atoms with Crippen LogP contribution in [0.1, 0.15) is 42.9 Å². The van der Waals surface area contributed by atoms with Crippen molar-refractivity contribution in [2.45, 2.75) is 38.0 Å². The summed E-state index contributed by atoms with van der Waals surface area (Å²) >= 11 is 0. The molecule has 2 aliphatic rings. The first-order valence-electron chi connectivity index (χ1n) is 10.7. The number of fused-ring (bicyclic) bond motifs is 2. The van der Waals surface area contributed by atoms with Crippen LogP contribution in [-0.2, 0) is 26.2 Å². The summed E-state index contributed by atoms with van der Waals surface area (Å²) in [6, 6.07) is 12.2. The average molecular weight is 432 g/mol. The maximum absolute atomic E-state index is 13.1. The molecule has 1 aliphatic carbocycles. The number of aryl methyl sites for hydroxylation is 1. The smallest absolute Gasteiger partial charge is 0.305 e. The van der Waals surface area contributed by atoms with Gasteiger partial charge in [0.05, 0.1) is 30.3 Å². The van der Waals surface area contributed by atoms with E-state index in [0.717, 1.165) is 11.1 Å². The number of hydrogen-bond donors (Lipinski definition) is 2. The summed E-state index contributed by atoms with van der Waals surface area (Å²) in [5.74, 6) is 0.225. The predicted molar refractivity (Wildman–Crippen MR) is 117 cm³/mol. The second-order valence-corrected chi connectivity index (χ2v) is 7.90. The minimum Gasteiger partial charge on any atom is -0.508 e. The zero-order valence-electron chi connectivity index (χ0n) is 17.8. The van der Waals surface area contributed by atoms with Gasteiger partial charge >= 0.3 is 5.97 Å². The third kappa shape index (κ3) is 4.17. The Morgan fingerprint density at radius 2 is 2.12 bits per heavy atom. The van der Waals surface area contributed by atoms with Crippen molar-refractivity contribution in [2.24, 2.45) is 0 Å². The van der Waals surface area contributed by atoms with Gasteiger partial charge in [-0.25, -0.2) is 0 Å². The Kier molecular flexibility index (Phi) is 5.87. The average Bonchev–Trinajstić information content (AvgIpc) is 3.49. The monoisotopic (exact) mass is 432 g/mol. The minimum atomic E-state index is -0.484. The fraction of sp³-hybridized carbons (Fsp3) is 0.320. The van der Waals surface area contributed by atoms with Crippen LogP contribution in [0.4, 0.5) is 5.69 Å². The van der Waals surface area contributed by atoms with Crippen LogP contribution in [0, 0.1) is 11.3 Å². The molecule has 0 radical (unpaired) electrons. The van der Waals surface area contributed by atoms with E-state index in [2.05, 4.69) is 11.4 Å². The van der Waals surface area contributed by atoms with Crippen LogP contribution in [-0.4, -0.2) is 30.2 Å². The lowest BCUT2D eigenvalue weighted by molar-refractivity contribution is -0.143. The van der Waals surface area contributed by atoms with Crippen LogP contribution in [0.25, 0.3) is 0 Å². The number of carbonyl (C=O) groups is 2. The largest absolute Gasteiger partial charge is 0.508 e. The normalized spacial score (nSPS) is 18.1. The van der Waals surface area contributed by atoms with Gasteiger partial charge in [0.25, 0.3) is 5.91 Å². The first kappa shape index (κ1) is 21.4. The minimum absolute atomic E-state index is 0.119. The molecule has 7 nitrogen and oxygen atoms in total. The van der Waals surface area contributed by atoms with E-state index < -0.39 is 5.41 Å². The third-order valence-electron chi connectivity index (χ3n) is 5.85. The Hall–Kier alpha value is -3.79. The highest BCUT2D eigenvalue weighted by atomic mass is 16.5. The first-order valence-corrected chi connectivity index (χ1v) is 10.7. The summed E-state index contributed by atoms with van der Waals surface area (Å²) in [5, 5.41) is 22.0. The summed E-state index contributed by atoms with van der Waals surface area (Å²) in [4.78, 5) is 24.7. The standard InChI is InChI=1S/C25H24N2O5/c1-2-31-23(29)5-3-4-17-7-6-16(15-26)12-21(17)27-24(30)20-14-25(20)10-11-32-22-13-18(28)8-9-19(22)25/h6-9,12-14,28H,2-5,10-11H2,1H3,(H,27,30)/t25-/m0/s1. The number of nitrogens with one attached hydrogen (secondary N) is 1. The summed E-state index contributed by atoms with van der Waals surface area (Å²) in [5.41, 5.74) is 2.90. The number of amides is 1. The maximum atomic E-state index is 13.1. The number of esters is 1. The summed E-state index contributed by atoms with van der Waals surface area (Å²) in [6.45, 7) is 2.57. The number of phenolic OH excluding ortho intramolecular Hbond substituents is 1. The quantitative estimate of drug-likeness (QED) is 0.645. The summed E-state index contributed by atoms with van der Waals surface area (Å²) in [6.07, 6.45) is 4.02. The fourth-order valence-electron chi connectivity index (χ4n) is 4.19. The van der Waals surface area contributed by atoms with Gasteiger partial charge in [0.2, 0.25) is 0 Å². The highest BCUT2D eigenvalue weighted by molar-refractivity contribution is 6.11. The summed E-state index contributed by atoms with van der Waals surface area (Å²) in [7, 11) is 0. The van der Waals surface area contributed by atoms with Gasteiger partial charge in [0, 0.05) is 29.3 Å². The molecule has 7 heteroatoms. The molecule has 164 valence electrons. The third-order valence-corrected chi connectivity index (χ3v) is 5.85. The molecule has 0 saturated heterocycles. The molecule has 32 heavy (non-hydrogen) atoms. The molecule has 1 aliphatic heterocycles. The lowest BCUT2D eigenvalue weighted by Crippen LogP contribution is -2.26. The molecule has 1 heterocycles. The second kappa shape index (κ2) is 8.75. The molecule has 0 saturated carbocycles. The number of aromatic hydroxyl groups is 1. The van der Waals surface area contributed by atoms with Crippen molar-refractivity contribution in [3.63, 3.8) is 0 Å². The van der Waals surface area contributed by atoms with Gasteiger partial charge in [-0.3, -0.25) is 9.59 Å². The zero-order valence-corrected chi connectivity index (χ0v) is 17.8. The van der Waals surface area contributed by atoms with Crippen LogP contribution in [0.3, 0.4) is 0 Å². The number of benzene rings is 2. The lowest BCUT2D eigenvalue weighted by atomic mass is 9.84. The first-order chi connectivity index (χ1) is 15.5. The number of nitriles is 1. The Morgan fingerprint density at radius 3 is 2.91 bits per heavy atom. The molecule has 2 aromatic rings. The Labute approximate surface area is 186 Å². The van der Waals surface area contributed by atoms with Crippen molar-refractivity contribution in [1.82, 2.24) is 0 Å². The molecular weight excluding hydrogens is 408 g/mol. The molecular formula is C25H24N2O5. The molecule has 1 spiro atoms. The van der Waals surface area contributed by atoms with E-state index in [-0.39, 0.29) is 17.6 Å². The molecule has 4 rings (SSSR count). The van der Waals surface area contributed by atoms with Gasteiger partial charge in [0.15, 0.2) is 0 Å². The van der Waals surface area contributed by atoms with E-state index in [1.54, 1.807) is 37.3 Å². The van der Waals surface area contributed by atoms with E-state index in [1.807, 2.05) is 12.1 Å². The van der Waals surface area contributed by atoms with Gasteiger partial charge in [-0.1, -0.05) is 18.2 Å². The number of nitrogens with zero attached hydrogens (tertiary/aromatic N) is 1. The number of rotatable bonds is 7. The number of hydrogen-bond acceptors (Lipinski definition) is 6. The Balaban J connectivity index is 1.49. The molecule has 0 bridgehead atoms. The molecule has 0 fully saturated rings. The molecule has 2 aromatic carbocycles. The topological polar surface area (TPSA) is 109 Å². The van der Waals surface area contributed by atoms with Crippen molar-refractivity contribution in [3.05, 3.63) is 64.7 Å². The van der Waals surface area contributed by atoms with Crippen molar-refractivity contribution in [1.29, 1.82) is 5.26 Å². The Bertz CT molecular complexity index is 1150. The van der Waals surface area contributed by atoms with E-state index in [0.29, 0.717) is 61.5 Å². The number of phenols is 1. The van der Waals surface area contributed by atoms with Gasteiger partial charge in [-0.05, 0) is 49.9 Å². The van der Waals surface area contributed by atoms with Crippen LogP contribution < -0.4 is 10.1 Å². The second-order valence-electron chi connectivity index (χ2n) is 7.90. The van der Waals surface area contributed by atoms with Crippen LogP contribution in [0.5, 0.6) is 11.5 Å². The van der Waals surface area contributed by atoms with E-state index in [1.165, 1.54) is 0 Å². The van der Waals surface area contributed by atoms with Crippen molar-refractivity contribution < 1.29 is 24.2 Å². The number of ether oxygens (including phenoxy) is 2. The van der Waals surface area contributed by atoms with Gasteiger partial charge < -0.3 is 19.9 Å². The molecule has 1 atom stereocenters. The van der Waals surface area contributed by atoms with Gasteiger partial charge in [-0.15, -0.1) is 0 Å². The van der Waals surface area contributed by atoms with Crippen molar-refractivity contribution in [2.75, 3.05) is 18.5 Å². The van der Waals surface area contributed by atoms with E-state index >= 15 is 0 Å². The Morgan fingerprint density at radius 1 is 1.28 bits per heavy atom. The van der Waals surface area contributed by atoms with Crippen LogP contribution >= 0.6 is 0 Å². The van der Waals surface area contributed by atoms with Crippen LogP contribution in [0.2, 0.25) is 0 Å². The maximum Gasteiger partial charge on any atom is 0.305 e. The SMILES string of the molecule is CCOC(=O)CCCc1ccc(C#N)cc1NC(=O)C1=C[C@]12CCOc1cc(O)ccc12. The van der Waals surface area contributed by atoms with Crippen molar-refractivity contribution >= 4 is 17.6 Å².